The molecule has 0 radical (unpaired) electrons. The van der Waals surface area contributed by atoms with E-state index in [1.165, 1.54) is 12.1 Å². The summed E-state index contributed by atoms with van der Waals surface area (Å²) in [5.41, 5.74) is 1.16. The molecular formula is C17H29FN2. The van der Waals surface area contributed by atoms with Gasteiger partial charge in [-0.05, 0) is 43.1 Å². The maximum atomic E-state index is 12.9. The minimum Gasteiger partial charge on any atom is -0.315 e. The van der Waals surface area contributed by atoms with Crippen LogP contribution < -0.4 is 5.32 Å². The molecule has 0 bridgehead atoms. The molecule has 1 atom stereocenters. The monoisotopic (exact) mass is 280 g/mol. The van der Waals surface area contributed by atoms with Gasteiger partial charge in [0.05, 0.1) is 0 Å². The second-order valence-electron chi connectivity index (χ2n) is 6.41. The molecule has 0 saturated carbocycles. The lowest BCUT2D eigenvalue weighted by atomic mass is 10.0. The normalized spacial score (nSPS) is 13.4. The van der Waals surface area contributed by atoms with Crippen molar-refractivity contribution in [3.63, 3.8) is 0 Å². The van der Waals surface area contributed by atoms with Crippen LogP contribution in [-0.2, 0) is 6.54 Å². The van der Waals surface area contributed by atoms with Crippen LogP contribution >= 0.6 is 0 Å². The average Bonchev–Trinajstić information content (AvgIpc) is 2.36. The van der Waals surface area contributed by atoms with Crippen LogP contribution in [0.1, 0.15) is 33.3 Å². The highest BCUT2D eigenvalue weighted by molar-refractivity contribution is 5.15. The zero-order valence-electron chi connectivity index (χ0n) is 13.5. The van der Waals surface area contributed by atoms with E-state index < -0.39 is 0 Å². The molecule has 2 nitrogen and oxygen atoms in total. The molecule has 114 valence electrons. The molecule has 0 heterocycles. The highest BCUT2D eigenvalue weighted by atomic mass is 19.1. The molecule has 3 heteroatoms. The van der Waals surface area contributed by atoms with E-state index in [0.29, 0.717) is 17.9 Å². The number of nitrogens with zero attached hydrogens (tertiary/aromatic N) is 1. The second kappa shape index (κ2) is 8.38. The maximum Gasteiger partial charge on any atom is 0.123 e. The predicted molar refractivity (Wildman–Crippen MR) is 84.2 cm³/mol. The standard InChI is InChI=1S/C17H29FN2/c1-13(2)10-19-11-17(14(3)4)20(5)12-15-6-8-16(18)9-7-15/h6-9,13-14,17,19H,10-12H2,1-5H3. The van der Waals surface area contributed by atoms with Crippen LogP contribution in [0.2, 0.25) is 0 Å². The Morgan fingerprint density at radius 3 is 2.15 bits per heavy atom. The van der Waals surface area contributed by atoms with Crippen molar-refractivity contribution in [2.75, 3.05) is 20.1 Å². The molecule has 0 aliphatic carbocycles. The van der Waals surface area contributed by atoms with E-state index in [-0.39, 0.29) is 5.82 Å². The van der Waals surface area contributed by atoms with Crippen LogP contribution in [0.3, 0.4) is 0 Å². The number of nitrogens with one attached hydrogen (secondary N) is 1. The van der Waals surface area contributed by atoms with Gasteiger partial charge in [-0.15, -0.1) is 0 Å². The van der Waals surface area contributed by atoms with Crippen LogP contribution in [0.5, 0.6) is 0 Å². The van der Waals surface area contributed by atoms with Gasteiger partial charge in [-0.1, -0.05) is 39.8 Å². The quantitative estimate of drug-likeness (QED) is 0.783. The molecule has 1 unspecified atom stereocenters. The van der Waals surface area contributed by atoms with E-state index in [1.54, 1.807) is 0 Å². The third-order valence-corrected chi connectivity index (χ3v) is 3.59. The van der Waals surface area contributed by atoms with E-state index in [9.17, 15) is 4.39 Å². The Kier molecular flexibility index (Phi) is 7.17. The van der Waals surface area contributed by atoms with Crippen LogP contribution in [0.4, 0.5) is 4.39 Å². The van der Waals surface area contributed by atoms with Crippen molar-refractivity contribution in [2.24, 2.45) is 11.8 Å². The van der Waals surface area contributed by atoms with Gasteiger partial charge in [-0.2, -0.15) is 0 Å². The molecule has 1 aromatic rings. The fraction of sp³-hybridized carbons (Fsp3) is 0.647. The molecule has 1 rings (SSSR count). The summed E-state index contributed by atoms with van der Waals surface area (Å²) in [6.07, 6.45) is 0. The highest BCUT2D eigenvalue weighted by Crippen LogP contribution is 2.13. The molecule has 0 fully saturated rings. The molecule has 0 amide bonds. The largest absolute Gasteiger partial charge is 0.315 e. The zero-order chi connectivity index (χ0) is 15.1. The van der Waals surface area contributed by atoms with Crippen molar-refractivity contribution in [1.29, 1.82) is 0 Å². The summed E-state index contributed by atoms with van der Waals surface area (Å²) in [5, 5.41) is 3.54. The Balaban J connectivity index is 2.54. The first kappa shape index (κ1) is 17.1. The first-order chi connectivity index (χ1) is 9.40. The summed E-state index contributed by atoms with van der Waals surface area (Å²) in [6.45, 7) is 11.8. The Morgan fingerprint density at radius 1 is 1.05 bits per heavy atom. The molecular weight excluding hydrogens is 251 g/mol. The van der Waals surface area contributed by atoms with E-state index in [2.05, 4.69) is 45.0 Å². The van der Waals surface area contributed by atoms with Gasteiger partial charge < -0.3 is 5.32 Å². The summed E-state index contributed by atoms with van der Waals surface area (Å²) >= 11 is 0. The molecule has 20 heavy (non-hydrogen) atoms. The Morgan fingerprint density at radius 2 is 1.65 bits per heavy atom. The van der Waals surface area contributed by atoms with Gasteiger partial charge in [-0.3, -0.25) is 4.90 Å². The van der Waals surface area contributed by atoms with Crippen molar-refractivity contribution in [3.05, 3.63) is 35.6 Å². The lowest BCUT2D eigenvalue weighted by Crippen LogP contribution is -2.43. The lowest BCUT2D eigenvalue weighted by molar-refractivity contribution is 0.178. The number of hydrogen-bond acceptors (Lipinski definition) is 2. The third-order valence-electron chi connectivity index (χ3n) is 3.59. The maximum absolute atomic E-state index is 12.9. The SMILES string of the molecule is CC(C)CNCC(C(C)C)N(C)Cc1ccc(F)cc1. The number of benzene rings is 1. The van der Waals surface area contributed by atoms with Crippen molar-refractivity contribution >= 4 is 0 Å². The molecule has 1 N–H and O–H groups in total. The number of likely N-dealkylation sites (N-methyl/N-ethyl adjacent to an activating group) is 1. The van der Waals surface area contributed by atoms with E-state index in [1.807, 2.05) is 12.1 Å². The van der Waals surface area contributed by atoms with Gasteiger partial charge in [0.15, 0.2) is 0 Å². The van der Waals surface area contributed by atoms with Gasteiger partial charge in [-0.25, -0.2) is 4.39 Å². The van der Waals surface area contributed by atoms with Crippen LogP contribution in [-0.4, -0.2) is 31.1 Å². The summed E-state index contributed by atoms with van der Waals surface area (Å²) < 4.78 is 12.9. The molecule has 0 spiro atoms. The van der Waals surface area contributed by atoms with E-state index >= 15 is 0 Å². The molecule has 0 aromatic heterocycles. The van der Waals surface area contributed by atoms with Crippen molar-refractivity contribution < 1.29 is 4.39 Å². The topological polar surface area (TPSA) is 15.3 Å². The van der Waals surface area contributed by atoms with Crippen molar-refractivity contribution in [1.82, 2.24) is 10.2 Å². The van der Waals surface area contributed by atoms with Crippen LogP contribution in [0.15, 0.2) is 24.3 Å². The predicted octanol–water partition coefficient (Wildman–Crippen LogP) is 3.53. The zero-order valence-corrected chi connectivity index (χ0v) is 13.5. The van der Waals surface area contributed by atoms with Gasteiger partial charge in [0, 0.05) is 19.1 Å². The lowest BCUT2D eigenvalue weighted by Gasteiger charge is -2.32. The molecule has 1 aromatic carbocycles. The third kappa shape index (κ3) is 6.02. The smallest absolute Gasteiger partial charge is 0.123 e. The first-order valence-corrected chi connectivity index (χ1v) is 7.55. The summed E-state index contributed by atoms with van der Waals surface area (Å²) in [4.78, 5) is 2.35. The summed E-state index contributed by atoms with van der Waals surface area (Å²) in [6, 6.07) is 7.28. The minimum absolute atomic E-state index is 0.171. The van der Waals surface area contributed by atoms with Crippen molar-refractivity contribution in [3.8, 4) is 0 Å². The Hall–Kier alpha value is -0.930. The average molecular weight is 280 g/mol. The summed E-state index contributed by atoms with van der Waals surface area (Å²) in [7, 11) is 2.14. The molecule has 0 saturated heterocycles. The van der Waals surface area contributed by atoms with Crippen molar-refractivity contribution in [2.45, 2.75) is 40.3 Å². The molecule has 0 aliphatic rings. The first-order valence-electron chi connectivity index (χ1n) is 7.55. The molecule has 0 aliphatic heterocycles. The summed E-state index contributed by atoms with van der Waals surface area (Å²) in [5.74, 6) is 1.08. The fourth-order valence-corrected chi connectivity index (χ4v) is 2.42. The Bertz CT molecular complexity index is 373. The fourth-order valence-electron chi connectivity index (χ4n) is 2.42. The van der Waals surface area contributed by atoms with Crippen LogP contribution in [0, 0.1) is 17.7 Å². The highest BCUT2D eigenvalue weighted by Gasteiger charge is 2.18. The van der Waals surface area contributed by atoms with Gasteiger partial charge >= 0.3 is 0 Å². The number of hydrogen-bond donors (Lipinski definition) is 1. The second-order valence-corrected chi connectivity index (χ2v) is 6.41. The van der Waals surface area contributed by atoms with Gasteiger partial charge in [0.2, 0.25) is 0 Å². The van der Waals surface area contributed by atoms with E-state index in [0.717, 1.165) is 25.2 Å². The van der Waals surface area contributed by atoms with E-state index in [4.69, 9.17) is 0 Å². The minimum atomic E-state index is -0.171. The van der Waals surface area contributed by atoms with Gasteiger partial charge in [0.25, 0.3) is 0 Å². The van der Waals surface area contributed by atoms with Gasteiger partial charge in [0.1, 0.15) is 5.82 Å². The number of rotatable bonds is 8. The van der Waals surface area contributed by atoms with Crippen LogP contribution in [0.25, 0.3) is 0 Å². The number of halogens is 1. The Labute approximate surface area is 123 Å².